The molecule has 2 aromatic carbocycles. The number of carbonyl (C=O) groups excluding carboxylic acids is 1. The van der Waals surface area contributed by atoms with Crippen LogP contribution in [-0.4, -0.2) is 45.4 Å². The third kappa shape index (κ3) is 4.81. The molecule has 0 saturated carbocycles. The molecule has 3 rings (SSSR count). The summed E-state index contributed by atoms with van der Waals surface area (Å²) in [6.07, 6.45) is 1.84. The molecule has 1 fully saturated rings. The summed E-state index contributed by atoms with van der Waals surface area (Å²) < 4.78 is 41.2. The second-order valence-corrected chi connectivity index (χ2v) is 8.15. The van der Waals surface area contributed by atoms with Gasteiger partial charge in [0, 0.05) is 24.7 Å². The fourth-order valence-corrected chi connectivity index (χ4v) is 4.37. The maximum atomic E-state index is 13.8. The summed E-state index contributed by atoms with van der Waals surface area (Å²) in [6.45, 7) is 1.34. The maximum absolute atomic E-state index is 13.8. The normalized spacial score (nSPS) is 16.5. The van der Waals surface area contributed by atoms with E-state index in [1.54, 1.807) is 11.0 Å². The van der Waals surface area contributed by atoms with Crippen LogP contribution in [0.25, 0.3) is 0 Å². The highest BCUT2D eigenvalue weighted by Gasteiger charge is 2.29. The van der Waals surface area contributed by atoms with Crippen LogP contribution >= 0.6 is 12.4 Å². The summed E-state index contributed by atoms with van der Waals surface area (Å²) in [4.78, 5) is 14.5. The molecule has 0 aliphatic carbocycles. The fraction of sp³-hybridized carbons (Fsp3) is 0.316. The van der Waals surface area contributed by atoms with Gasteiger partial charge >= 0.3 is 0 Å². The molecule has 152 valence electrons. The molecule has 0 radical (unpaired) electrons. The van der Waals surface area contributed by atoms with E-state index < -0.39 is 15.8 Å². The van der Waals surface area contributed by atoms with Gasteiger partial charge in [-0.05, 0) is 50.2 Å². The number of nitrogens with one attached hydrogen (secondary N) is 2. The Bertz CT molecular complexity index is 940. The van der Waals surface area contributed by atoms with Crippen LogP contribution in [0.15, 0.2) is 53.4 Å². The Morgan fingerprint density at radius 3 is 2.68 bits per heavy atom. The van der Waals surface area contributed by atoms with Gasteiger partial charge in [0.1, 0.15) is 5.82 Å². The number of likely N-dealkylation sites (tertiary alicyclic amines) is 1. The van der Waals surface area contributed by atoms with Gasteiger partial charge in [0.2, 0.25) is 0 Å². The predicted molar refractivity (Wildman–Crippen MR) is 109 cm³/mol. The summed E-state index contributed by atoms with van der Waals surface area (Å²) in [7, 11) is -2.18. The lowest BCUT2D eigenvalue weighted by atomic mass is 10.1. The van der Waals surface area contributed by atoms with E-state index in [0.717, 1.165) is 12.8 Å². The Hall–Kier alpha value is -2.16. The Kier molecular flexibility index (Phi) is 7.40. The second kappa shape index (κ2) is 9.36. The van der Waals surface area contributed by atoms with Crippen LogP contribution in [0, 0.1) is 5.82 Å². The molecule has 2 N–H and O–H groups in total. The minimum Gasteiger partial charge on any atom is -0.334 e. The highest BCUT2D eigenvalue weighted by Crippen LogP contribution is 2.23. The van der Waals surface area contributed by atoms with E-state index in [-0.39, 0.29) is 34.9 Å². The Morgan fingerprint density at radius 1 is 1.21 bits per heavy atom. The number of rotatable bonds is 6. The van der Waals surface area contributed by atoms with Crippen LogP contribution in [-0.2, 0) is 10.0 Å². The van der Waals surface area contributed by atoms with Crippen LogP contribution < -0.4 is 10.0 Å². The van der Waals surface area contributed by atoms with Gasteiger partial charge in [-0.2, -0.15) is 0 Å². The molecule has 1 atom stereocenters. The van der Waals surface area contributed by atoms with Crippen molar-refractivity contribution in [2.24, 2.45) is 0 Å². The number of halogens is 2. The third-order valence-corrected chi connectivity index (χ3v) is 5.95. The van der Waals surface area contributed by atoms with Crippen LogP contribution in [0.5, 0.6) is 0 Å². The molecule has 0 spiro atoms. The van der Waals surface area contributed by atoms with E-state index in [9.17, 15) is 17.6 Å². The summed E-state index contributed by atoms with van der Waals surface area (Å²) >= 11 is 0. The number of sulfonamides is 1. The van der Waals surface area contributed by atoms with Crippen molar-refractivity contribution in [2.45, 2.75) is 23.8 Å². The zero-order chi connectivity index (χ0) is 19.4. The highest BCUT2D eigenvalue weighted by molar-refractivity contribution is 7.92. The van der Waals surface area contributed by atoms with Crippen molar-refractivity contribution in [3.8, 4) is 0 Å². The molecule has 1 unspecified atom stereocenters. The van der Waals surface area contributed by atoms with Crippen molar-refractivity contribution in [3.63, 3.8) is 0 Å². The summed E-state index contributed by atoms with van der Waals surface area (Å²) in [5, 5.41) is 3.08. The highest BCUT2D eigenvalue weighted by atomic mass is 35.5. The molecule has 6 nitrogen and oxygen atoms in total. The van der Waals surface area contributed by atoms with Gasteiger partial charge in [-0.25, -0.2) is 12.8 Å². The van der Waals surface area contributed by atoms with E-state index in [1.165, 1.54) is 42.5 Å². The minimum absolute atomic E-state index is 0. The van der Waals surface area contributed by atoms with Gasteiger partial charge in [-0.3, -0.25) is 9.52 Å². The van der Waals surface area contributed by atoms with E-state index >= 15 is 0 Å². The van der Waals surface area contributed by atoms with Crippen LogP contribution in [0.2, 0.25) is 0 Å². The molecule has 1 aliphatic heterocycles. The monoisotopic (exact) mass is 427 g/mol. The topological polar surface area (TPSA) is 78.5 Å². The number of nitrogens with zero attached hydrogens (tertiary/aromatic N) is 1. The molecule has 2 aromatic rings. The van der Waals surface area contributed by atoms with E-state index in [4.69, 9.17) is 0 Å². The first-order valence-corrected chi connectivity index (χ1v) is 10.2. The lowest BCUT2D eigenvalue weighted by Crippen LogP contribution is -2.40. The number of amides is 1. The molecule has 0 bridgehead atoms. The number of hydrogen-bond acceptors (Lipinski definition) is 4. The average Bonchev–Trinajstić information content (AvgIpc) is 3.11. The Labute approximate surface area is 170 Å². The van der Waals surface area contributed by atoms with Gasteiger partial charge < -0.3 is 10.2 Å². The molecular formula is C19H23ClFN3O3S. The van der Waals surface area contributed by atoms with Crippen LogP contribution in [0.1, 0.15) is 23.2 Å². The Morgan fingerprint density at radius 2 is 1.96 bits per heavy atom. The van der Waals surface area contributed by atoms with Gasteiger partial charge in [0.25, 0.3) is 15.9 Å². The van der Waals surface area contributed by atoms with Gasteiger partial charge in [0.15, 0.2) is 0 Å². The minimum atomic E-state index is -4.01. The molecule has 1 saturated heterocycles. The fourth-order valence-electron chi connectivity index (χ4n) is 3.26. The van der Waals surface area contributed by atoms with Crippen molar-refractivity contribution in [1.29, 1.82) is 0 Å². The molecule has 1 heterocycles. The van der Waals surface area contributed by atoms with Gasteiger partial charge in [-0.1, -0.05) is 18.2 Å². The second-order valence-electron chi connectivity index (χ2n) is 6.47. The predicted octanol–water partition coefficient (Wildman–Crippen LogP) is 2.87. The quantitative estimate of drug-likeness (QED) is 0.743. The first kappa shape index (κ1) is 22.1. The van der Waals surface area contributed by atoms with Gasteiger partial charge in [-0.15, -0.1) is 12.4 Å². The molecule has 1 amide bonds. The number of likely N-dealkylation sites (N-methyl/N-ethyl adjacent to an activating group) is 1. The first-order valence-electron chi connectivity index (χ1n) is 8.75. The molecule has 0 aromatic heterocycles. The number of anilines is 1. The standard InChI is InChI=1S/C19H22FN3O3S.ClH/c1-21-13-15-7-5-11-23(15)19(24)14-6-4-8-16(12-14)27(25,26)22-18-10-3-2-9-17(18)20;/h2-4,6,8-10,12,15,21-22H,5,7,11,13H2,1H3;1H. The molecule has 1 aliphatic rings. The van der Waals surface area contributed by atoms with Crippen molar-refractivity contribution in [1.82, 2.24) is 10.2 Å². The zero-order valence-electron chi connectivity index (χ0n) is 15.4. The third-order valence-electron chi connectivity index (χ3n) is 4.59. The number of carbonyl (C=O) groups is 1. The molecule has 28 heavy (non-hydrogen) atoms. The first-order chi connectivity index (χ1) is 12.9. The molecule has 9 heteroatoms. The smallest absolute Gasteiger partial charge is 0.262 e. The lowest BCUT2D eigenvalue weighted by molar-refractivity contribution is 0.0737. The summed E-state index contributed by atoms with van der Waals surface area (Å²) in [5.74, 6) is -0.865. The van der Waals surface area contributed by atoms with Gasteiger partial charge in [0.05, 0.1) is 10.6 Å². The summed E-state index contributed by atoms with van der Waals surface area (Å²) in [5.41, 5.74) is 0.164. The largest absolute Gasteiger partial charge is 0.334 e. The van der Waals surface area contributed by atoms with Crippen LogP contribution in [0.3, 0.4) is 0 Å². The SMILES string of the molecule is CNCC1CCCN1C(=O)c1cccc(S(=O)(=O)Nc2ccccc2F)c1.Cl. The van der Waals surface area contributed by atoms with E-state index in [2.05, 4.69) is 10.0 Å². The summed E-state index contributed by atoms with van der Waals surface area (Å²) in [6, 6.07) is 11.5. The molecular weight excluding hydrogens is 405 g/mol. The van der Waals surface area contributed by atoms with E-state index in [0.29, 0.717) is 18.7 Å². The zero-order valence-corrected chi connectivity index (χ0v) is 17.0. The lowest BCUT2D eigenvalue weighted by Gasteiger charge is -2.24. The van der Waals surface area contributed by atoms with Crippen LogP contribution in [0.4, 0.5) is 10.1 Å². The number of para-hydroxylation sites is 1. The maximum Gasteiger partial charge on any atom is 0.262 e. The average molecular weight is 428 g/mol. The van der Waals surface area contributed by atoms with Crippen molar-refractivity contribution >= 4 is 34.0 Å². The number of benzene rings is 2. The van der Waals surface area contributed by atoms with E-state index in [1.807, 2.05) is 7.05 Å². The Balaban J connectivity index is 0.00000280. The van der Waals surface area contributed by atoms with Crippen molar-refractivity contribution in [2.75, 3.05) is 24.9 Å². The van der Waals surface area contributed by atoms with Crippen molar-refractivity contribution in [3.05, 3.63) is 59.9 Å². The van der Waals surface area contributed by atoms with Crippen molar-refractivity contribution < 1.29 is 17.6 Å². The number of hydrogen-bond donors (Lipinski definition) is 2.